The lowest BCUT2D eigenvalue weighted by molar-refractivity contribution is 0.285. The van der Waals surface area contributed by atoms with E-state index in [9.17, 15) is 0 Å². The van der Waals surface area contributed by atoms with Gasteiger partial charge in [0, 0.05) is 23.5 Å². The van der Waals surface area contributed by atoms with Crippen LogP contribution in [0.1, 0.15) is 42.8 Å². The predicted octanol–water partition coefficient (Wildman–Crippen LogP) is 2.68. The van der Waals surface area contributed by atoms with E-state index in [1.54, 1.807) is 0 Å². The van der Waals surface area contributed by atoms with Crippen LogP contribution in [0.5, 0.6) is 0 Å². The van der Waals surface area contributed by atoms with Crippen LogP contribution in [0.3, 0.4) is 0 Å². The normalized spacial score (nSPS) is 29.4. The van der Waals surface area contributed by atoms with Gasteiger partial charge in [-0.05, 0) is 48.1 Å². The molecular weight excluding hydrogens is 242 g/mol. The summed E-state index contributed by atoms with van der Waals surface area (Å²) in [4.78, 5) is 8.59. The Hall–Kier alpha value is -0.450. The fraction of sp³-hybridized carbons (Fsp3) is 0.786. The molecular formula is C14H25N3S. The lowest BCUT2D eigenvalue weighted by Gasteiger charge is -2.30. The largest absolute Gasteiger partial charge is 0.302 e. The zero-order chi connectivity index (χ0) is 13.5. The molecule has 0 amide bonds. The van der Waals surface area contributed by atoms with Crippen molar-refractivity contribution in [3.63, 3.8) is 0 Å². The van der Waals surface area contributed by atoms with Crippen LogP contribution in [-0.4, -0.2) is 35.6 Å². The Labute approximate surface area is 115 Å². The summed E-state index contributed by atoms with van der Waals surface area (Å²) >= 11 is 1.86. The fourth-order valence-electron chi connectivity index (χ4n) is 2.86. The first-order valence-electron chi connectivity index (χ1n) is 6.76. The van der Waals surface area contributed by atoms with Gasteiger partial charge in [0.1, 0.15) is 5.01 Å². The van der Waals surface area contributed by atoms with Crippen LogP contribution < -0.4 is 5.32 Å². The van der Waals surface area contributed by atoms with Gasteiger partial charge in [-0.2, -0.15) is 0 Å². The molecule has 1 aliphatic heterocycles. The molecule has 1 saturated heterocycles. The van der Waals surface area contributed by atoms with Crippen LogP contribution in [0.2, 0.25) is 0 Å². The van der Waals surface area contributed by atoms with Crippen molar-refractivity contribution in [1.29, 1.82) is 0 Å². The lowest BCUT2D eigenvalue weighted by Crippen LogP contribution is -2.47. The molecule has 0 aromatic carbocycles. The van der Waals surface area contributed by atoms with Gasteiger partial charge in [0.15, 0.2) is 0 Å². The number of rotatable bonds is 3. The maximum Gasteiger partial charge on any atom is 0.115 e. The molecule has 0 saturated carbocycles. The Morgan fingerprint density at radius 3 is 2.50 bits per heavy atom. The fourth-order valence-corrected chi connectivity index (χ4v) is 3.93. The molecule has 1 N–H and O–H groups in total. The Morgan fingerprint density at radius 1 is 1.44 bits per heavy atom. The molecule has 2 atom stereocenters. The van der Waals surface area contributed by atoms with Crippen molar-refractivity contribution in [3.8, 4) is 0 Å². The van der Waals surface area contributed by atoms with Gasteiger partial charge in [0.05, 0.1) is 11.2 Å². The van der Waals surface area contributed by atoms with Crippen molar-refractivity contribution < 1.29 is 0 Å². The van der Waals surface area contributed by atoms with Crippen molar-refractivity contribution in [2.75, 3.05) is 13.6 Å². The Morgan fingerprint density at radius 2 is 2.11 bits per heavy atom. The highest BCUT2D eigenvalue weighted by Gasteiger charge is 2.44. The SMILES string of the molecule is Cc1nc(C2(NC(C)C)CC(C)N(C)C2)sc1C. The Bertz CT molecular complexity index is 390. The summed E-state index contributed by atoms with van der Waals surface area (Å²) in [6.45, 7) is 12.1. The van der Waals surface area contributed by atoms with Crippen molar-refractivity contribution in [2.24, 2.45) is 0 Å². The highest BCUT2D eigenvalue weighted by molar-refractivity contribution is 7.11. The third kappa shape index (κ3) is 2.46. The molecule has 2 unspecified atom stereocenters. The maximum atomic E-state index is 4.82. The van der Waals surface area contributed by atoms with Gasteiger partial charge < -0.3 is 10.2 Å². The molecule has 0 bridgehead atoms. The van der Waals surface area contributed by atoms with Crippen molar-refractivity contribution >= 4 is 11.3 Å². The van der Waals surface area contributed by atoms with Crippen LogP contribution >= 0.6 is 11.3 Å². The highest BCUT2D eigenvalue weighted by Crippen LogP contribution is 2.38. The Kier molecular flexibility index (Phi) is 3.81. The lowest BCUT2D eigenvalue weighted by atomic mass is 9.96. The summed E-state index contributed by atoms with van der Waals surface area (Å²) in [7, 11) is 2.21. The van der Waals surface area contributed by atoms with E-state index in [1.165, 1.54) is 15.6 Å². The summed E-state index contributed by atoms with van der Waals surface area (Å²) < 4.78 is 0. The van der Waals surface area contributed by atoms with E-state index in [0.717, 1.165) is 13.0 Å². The number of nitrogens with zero attached hydrogens (tertiary/aromatic N) is 2. The van der Waals surface area contributed by atoms with Gasteiger partial charge in [-0.15, -0.1) is 11.3 Å². The standard InChI is InChI=1S/C14H25N3S/c1-9(2)16-14(7-10(3)17(6)8-14)13-15-11(4)12(5)18-13/h9-10,16H,7-8H2,1-6H3. The smallest absolute Gasteiger partial charge is 0.115 e. The molecule has 1 fully saturated rings. The molecule has 3 nitrogen and oxygen atoms in total. The molecule has 102 valence electrons. The molecule has 18 heavy (non-hydrogen) atoms. The molecule has 4 heteroatoms. The summed E-state index contributed by atoms with van der Waals surface area (Å²) in [6.07, 6.45) is 1.15. The molecule has 1 aromatic heterocycles. The number of hydrogen-bond donors (Lipinski definition) is 1. The average Bonchev–Trinajstić information content (AvgIpc) is 2.70. The van der Waals surface area contributed by atoms with E-state index in [2.05, 4.69) is 51.9 Å². The Balaban J connectivity index is 2.37. The minimum Gasteiger partial charge on any atom is -0.302 e. The van der Waals surface area contributed by atoms with E-state index in [-0.39, 0.29) is 5.54 Å². The van der Waals surface area contributed by atoms with Crippen molar-refractivity contribution in [1.82, 2.24) is 15.2 Å². The number of likely N-dealkylation sites (tertiary alicyclic amines) is 1. The van der Waals surface area contributed by atoms with E-state index in [1.807, 2.05) is 11.3 Å². The van der Waals surface area contributed by atoms with E-state index < -0.39 is 0 Å². The first kappa shape index (κ1) is 14.0. The van der Waals surface area contributed by atoms with Gasteiger partial charge in [-0.25, -0.2) is 4.98 Å². The monoisotopic (exact) mass is 267 g/mol. The van der Waals surface area contributed by atoms with E-state index >= 15 is 0 Å². The highest BCUT2D eigenvalue weighted by atomic mass is 32.1. The third-order valence-electron chi connectivity index (χ3n) is 3.92. The molecule has 2 rings (SSSR count). The van der Waals surface area contributed by atoms with Crippen molar-refractivity contribution in [2.45, 2.75) is 58.7 Å². The summed E-state index contributed by atoms with van der Waals surface area (Å²) in [6, 6.07) is 1.09. The van der Waals surface area contributed by atoms with Crippen LogP contribution in [0.15, 0.2) is 0 Å². The predicted molar refractivity (Wildman–Crippen MR) is 78.2 cm³/mol. The van der Waals surface area contributed by atoms with Gasteiger partial charge in [-0.1, -0.05) is 0 Å². The number of hydrogen-bond acceptors (Lipinski definition) is 4. The first-order chi connectivity index (χ1) is 8.34. The quantitative estimate of drug-likeness (QED) is 0.912. The number of thiazole rings is 1. The van der Waals surface area contributed by atoms with Gasteiger partial charge >= 0.3 is 0 Å². The number of nitrogens with one attached hydrogen (secondary N) is 1. The topological polar surface area (TPSA) is 28.2 Å². The number of aromatic nitrogens is 1. The van der Waals surface area contributed by atoms with Crippen LogP contribution in [0, 0.1) is 13.8 Å². The number of aryl methyl sites for hydroxylation is 2. The van der Waals surface area contributed by atoms with E-state index in [0.29, 0.717) is 12.1 Å². The minimum absolute atomic E-state index is 0.0476. The summed E-state index contributed by atoms with van der Waals surface area (Å²) in [5, 5.41) is 5.05. The second-order valence-electron chi connectivity index (χ2n) is 6.01. The molecule has 0 radical (unpaired) electrons. The van der Waals surface area contributed by atoms with E-state index in [4.69, 9.17) is 4.98 Å². The van der Waals surface area contributed by atoms with Crippen LogP contribution in [0.4, 0.5) is 0 Å². The molecule has 1 aliphatic rings. The zero-order valence-electron chi connectivity index (χ0n) is 12.4. The summed E-state index contributed by atoms with van der Waals surface area (Å²) in [5.74, 6) is 0. The van der Waals surface area contributed by atoms with Gasteiger partial charge in [0.2, 0.25) is 0 Å². The minimum atomic E-state index is 0.0476. The summed E-state index contributed by atoms with van der Waals surface area (Å²) in [5.41, 5.74) is 1.23. The zero-order valence-corrected chi connectivity index (χ0v) is 13.2. The van der Waals surface area contributed by atoms with Crippen LogP contribution in [0.25, 0.3) is 0 Å². The number of likely N-dealkylation sites (N-methyl/N-ethyl adjacent to an activating group) is 1. The second-order valence-corrected chi connectivity index (χ2v) is 7.21. The molecule has 2 heterocycles. The second kappa shape index (κ2) is 4.91. The maximum absolute atomic E-state index is 4.82. The van der Waals surface area contributed by atoms with Gasteiger partial charge in [-0.3, -0.25) is 0 Å². The first-order valence-corrected chi connectivity index (χ1v) is 7.58. The van der Waals surface area contributed by atoms with Crippen molar-refractivity contribution in [3.05, 3.63) is 15.6 Å². The molecule has 0 aliphatic carbocycles. The average molecular weight is 267 g/mol. The molecule has 0 spiro atoms. The van der Waals surface area contributed by atoms with Gasteiger partial charge in [0.25, 0.3) is 0 Å². The molecule has 1 aromatic rings. The third-order valence-corrected chi connectivity index (χ3v) is 5.20. The van der Waals surface area contributed by atoms with Crippen LogP contribution in [-0.2, 0) is 5.54 Å².